The lowest BCUT2D eigenvalue weighted by molar-refractivity contribution is 0.297. The van der Waals surface area contributed by atoms with Gasteiger partial charge in [0.2, 0.25) is 0 Å². The zero-order valence-corrected chi connectivity index (χ0v) is 12.4. The Morgan fingerprint density at radius 3 is 2.83 bits per heavy atom. The first-order valence-corrected chi connectivity index (χ1v) is 7.71. The van der Waals surface area contributed by atoms with Gasteiger partial charge in [0, 0.05) is 6.04 Å². The van der Waals surface area contributed by atoms with E-state index in [4.69, 9.17) is 4.74 Å². The van der Waals surface area contributed by atoms with Crippen LogP contribution in [-0.4, -0.2) is 18.7 Å². The van der Waals surface area contributed by atoms with Crippen molar-refractivity contribution in [2.75, 3.05) is 6.54 Å². The van der Waals surface area contributed by atoms with Gasteiger partial charge in [-0.1, -0.05) is 6.07 Å². The van der Waals surface area contributed by atoms with Crippen molar-refractivity contribution in [2.45, 2.75) is 51.2 Å². The van der Waals surface area contributed by atoms with Crippen molar-refractivity contribution in [1.29, 1.82) is 0 Å². The number of nitrogens with one attached hydrogen (secondary N) is 1. The van der Waals surface area contributed by atoms with Crippen LogP contribution in [0.2, 0.25) is 0 Å². The number of aryl methyl sites for hydroxylation is 1. The SMILES string of the molecule is Cc1cc(Br)c(OC2CC2)c(CC2CCCN2)c1. The normalized spacial score (nSPS) is 23.3. The Balaban J connectivity index is 1.83. The number of benzene rings is 1. The summed E-state index contributed by atoms with van der Waals surface area (Å²) in [5.74, 6) is 1.08. The molecule has 0 spiro atoms. The van der Waals surface area contributed by atoms with Crippen molar-refractivity contribution in [3.63, 3.8) is 0 Å². The van der Waals surface area contributed by atoms with Crippen molar-refractivity contribution in [1.82, 2.24) is 5.32 Å². The molecule has 0 aromatic heterocycles. The second-order valence-corrected chi connectivity index (χ2v) is 6.40. The lowest BCUT2D eigenvalue weighted by Gasteiger charge is -2.17. The first-order chi connectivity index (χ1) is 8.72. The highest BCUT2D eigenvalue weighted by atomic mass is 79.9. The van der Waals surface area contributed by atoms with Crippen LogP contribution in [0.25, 0.3) is 0 Å². The molecule has 0 bridgehead atoms. The van der Waals surface area contributed by atoms with Gasteiger partial charge in [-0.05, 0) is 78.7 Å². The van der Waals surface area contributed by atoms with Crippen LogP contribution in [0.4, 0.5) is 0 Å². The monoisotopic (exact) mass is 309 g/mol. The van der Waals surface area contributed by atoms with Gasteiger partial charge in [-0.15, -0.1) is 0 Å². The maximum absolute atomic E-state index is 6.08. The van der Waals surface area contributed by atoms with Crippen LogP contribution >= 0.6 is 15.9 Å². The summed E-state index contributed by atoms with van der Waals surface area (Å²) in [6.45, 7) is 3.31. The standard InChI is InChI=1S/C15H20BrNO/c1-10-7-11(9-12-3-2-6-17-12)15(14(16)8-10)18-13-4-5-13/h7-8,12-13,17H,2-6,9H2,1H3. The second kappa shape index (κ2) is 5.22. The van der Waals surface area contributed by atoms with Crippen molar-refractivity contribution < 1.29 is 4.74 Å². The largest absolute Gasteiger partial charge is 0.489 e. The molecule has 1 aromatic carbocycles. The molecule has 2 nitrogen and oxygen atoms in total. The molecule has 2 aliphatic rings. The molecule has 1 N–H and O–H groups in total. The van der Waals surface area contributed by atoms with Crippen LogP contribution in [0.3, 0.4) is 0 Å². The number of halogens is 1. The smallest absolute Gasteiger partial charge is 0.137 e. The van der Waals surface area contributed by atoms with Crippen molar-refractivity contribution >= 4 is 15.9 Å². The van der Waals surface area contributed by atoms with Gasteiger partial charge >= 0.3 is 0 Å². The number of rotatable bonds is 4. The molecular formula is C15H20BrNO. The molecule has 1 atom stereocenters. The van der Waals surface area contributed by atoms with E-state index in [1.807, 2.05) is 0 Å². The Morgan fingerprint density at radius 2 is 2.17 bits per heavy atom. The van der Waals surface area contributed by atoms with Crippen LogP contribution in [-0.2, 0) is 6.42 Å². The summed E-state index contributed by atoms with van der Waals surface area (Å²) in [7, 11) is 0. The fourth-order valence-corrected chi connectivity index (χ4v) is 3.34. The summed E-state index contributed by atoms with van der Waals surface area (Å²) in [6, 6.07) is 5.06. The molecule has 0 radical (unpaired) electrons. The fourth-order valence-electron chi connectivity index (χ4n) is 2.63. The van der Waals surface area contributed by atoms with E-state index in [2.05, 4.69) is 40.3 Å². The van der Waals surface area contributed by atoms with E-state index in [0.717, 1.165) is 23.2 Å². The van der Waals surface area contributed by atoms with Gasteiger partial charge in [0.1, 0.15) is 5.75 Å². The molecule has 98 valence electrons. The predicted octanol–water partition coefficient (Wildman–Crippen LogP) is 3.59. The van der Waals surface area contributed by atoms with Gasteiger partial charge in [-0.3, -0.25) is 0 Å². The van der Waals surface area contributed by atoms with Crippen LogP contribution in [0.5, 0.6) is 5.75 Å². The van der Waals surface area contributed by atoms with Crippen LogP contribution in [0.15, 0.2) is 16.6 Å². The zero-order valence-electron chi connectivity index (χ0n) is 10.8. The van der Waals surface area contributed by atoms with Crippen LogP contribution in [0, 0.1) is 6.92 Å². The van der Waals surface area contributed by atoms with E-state index in [9.17, 15) is 0 Å². The number of ether oxygens (including phenoxy) is 1. The number of hydrogen-bond acceptors (Lipinski definition) is 2. The highest BCUT2D eigenvalue weighted by Crippen LogP contribution is 2.36. The molecular weight excluding hydrogens is 290 g/mol. The van der Waals surface area contributed by atoms with Gasteiger partial charge in [0.15, 0.2) is 0 Å². The van der Waals surface area contributed by atoms with E-state index >= 15 is 0 Å². The topological polar surface area (TPSA) is 21.3 Å². The minimum Gasteiger partial charge on any atom is -0.489 e. The van der Waals surface area contributed by atoms with E-state index in [1.54, 1.807) is 0 Å². The average Bonchev–Trinajstić information content (AvgIpc) is 2.99. The van der Waals surface area contributed by atoms with Crippen molar-refractivity contribution in [3.05, 3.63) is 27.7 Å². The van der Waals surface area contributed by atoms with Gasteiger partial charge in [0.25, 0.3) is 0 Å². The van der Waals surface area contributed by atoms with Crippen molar-refractivity contribution in [2.24, 2.45) is 0 Å². The summed E-state index contributed by atoms with van der Waals surface area (Å²) in [5.41, 5.74) is 2.66. The lowest BCUT2D eigenvalue weighted by Crippen LogP contribution is -2.24. The molecule has 1 saturated heterocycles. The van der Waals surface area contributed by atoms with Crippen molar-refractivity contribution in [3.8, 4) is 5.75 Å². The Kier molecular flexibility index (Phi) is 3.62. The third-order valence-electron chi connectivity index (χ3n) is 3.70. The van der Waals surface area contributed by atoms with Gasteiger partial charge in [-0.25, -0.2) is 0 Å². The third kappa shape index (κ3) is 2.89. The van der Waals surface area contributed by atoms with E-state index in [0.29, 0.717) is 12.1 Å². The molecule has 3 rings (SSSR count). The van der Waals surface area contributed by atoms with Crippen LogP contribution in [0.1, 0.15) is 36.8 Å². The lowest BCUT2D eigenvalue weighted by atomic mass is 10.0. The molecule has 18 heavy (non-hydrogen) atoms. The zero-order chi connectivity index (χ0) is 12.5. The Labute approximate surface area is 117 Å². The third-order valence-corrected chi connectivity index (χ3v) is 4.29. The summed E-state index contributed by atoms with van der Waals surface area (Å²) in [4.78, 5) is 0. The summed E-state index contributed by atoms with van der Waals surface area (Å²) >= 11 is 3.66. The molecule has 1 aromatic rings. The van der Waals surface area contributed by atoms with Gasteiger partial charge < -0.3 is 10.1 Å². The highest BCUT2D eigenvalue weighted by Gasteiger charge is 2.26. The van der Waals surface area contributed by atoms with E-state index < -0.39 is 0 Å². The van der Waals surface area contributed by atoms with E-state index in [-0.39, 0.29) is 0 Å². The maximum Gasteiger partial charge on any atom is 0.137 e. The van der Waals surface area contributed by atoms with Gasteiger partial charge in [0.05, 0.1) is 10.6 Å². The van der Waals surface area contributed by atoms with E-state index in [1.165, 1.54) is 36.8 Å². The molecule has 3 heteroatoms. The molecule has 1 aliphatic heterocycles. The Hall–Kier alpha value is -0.540. The molecule has 0 amide bonds. The molecule has 1 unspecified atom stereocenters. The minimum absolute atomic E-state index is 0.458. The minimum atomic E-state index is 0.458. The predicted molar refractivity (Wildman–Crippen MR) is 77.3 cm³/mol. The van der Waals surface area contributed by atoms with Gasteiger partial charge in [-0.2, -0.15) is 0 Å². The average molecular weight is 310 g/mol. The summed E-state index contributed by atoms with van der Waals surface area (Å²) in [5, 5.41) is 3.57. The Morgan fingerprint density at radius 1 is 1.33 bits per heavy atom. The Bertz CT molecular complexity index is 436. The number of hydrogen-bond donors (Lipinski definition) is 1. The van der Waals surface area contributed by atoms with Crippen LogP contribution < -0.4 is 10.1 Å². The second-order valence-electron chi connectivity index (χ2n) is 5.55. The molecule has 1 aliphatic carbocycles. The molecule has 2 fully saturated rings. The highest BCUT2D eigenvalue weighted by molar-refractivity contribution is 9.10. The quantitative estimate of drug-likeness (QED) is 0.917. The summed E-state index contributed by atoms with van der Waals surface area (Å²) in [6.07, 6.45) is 6.55. The first-order valence-electron chi connectivity index (χ1n) is 6.91. The first kappa shape index (κ1) is 12.5. The molecule has 1 heterocycles. The fraction of sp³-hybridized carbons (Fsp3) is 0.600. The summed E-state index contributed by atoms with van der Waals surface area (Å²) < 4.78 is 7.19. The maximum atomic E-state index is 6.08. The molecule has 1 saturated carbocycles.